The topological polar surface area (TPSA) is 23.0 Å². The van der Waals surface area contributed by atoms with Crippen molar-refractivity contribution in [1.29, 1.82) is 0 Å². The molecule has 0 saturated carbocycles. The van der Waals surface area contributed by atoms with Crippen LogP contribution < -0.4 is 0 Å². The second-order valence-electron chi connectivity index (χ2n) is 11.7. The van der Waals surface area contributed by atoms with Crippen molar-refractivity contribution < 1.29 is 4.42 Å². The molecule has 3 heterocycles. The first-order valence-corrected chi connectivity index (χ1v) is 15.4. The van der Waals surface area contributed by atoms with Gasteiger partial charge in [0.15, 0.2) is 0 Å². The first-order valence-electron chi connectivity index (χ1n) is 15.4. The van der Waals surface area contributed by atoms with Crippen LogP contribution in [-0.2, 0) is 0 Å². The largest absolute Gasteiger partial charge is 0.455 e. The van der Waals surface area contributed by atoms with Crippen LogP contribution >= 0.6 is 0 Å². The molecule has 7 aromatic carbocycles. The van der Waals surface area contributed by atoms with Crippen LogP contribution in [0.1, 0.15) is 0 Å². The third kappa shape index (κ3) is 3.35. The van der Waals surface area contributed by atoms with Crippen LogP contribution in [0.2, 0.25) is 0 Å². The fourth-order valence-electron chi connectivity index (χ4n) is 7.46. The number of para-hydroxylation sites is 5. The van der Waals surface area contributed by atoms with Gasteiger partial charge < -0.3 is 13.6 Å². The standard InChI is InChI=1S/C42H26N2O/c1-2-13-27(14-3-1)28-15-4-8-20-34(28)44-37-26-25-32-31-18-7-11-24-39(31)45-42(32)40(37)33-19-12-23-38(41(33)44)43-35-21-9-5-16-29(35)30-17-6-10-22-36(30)43/h1-26H. The highest BCUT2D eigenvalue weighted by atomic mass is 16.3. The Kier molecular flexibility index (Phi) is 5.00. The summed E-state index contributed by atoms with van der Waals surface area (Å²) in [7, 11) is 0. The van der Waals surface area contributed by atoms with Crippen molar-refractivity contribution >= 4 is 65.6 Å². The molecule has 45 heavy (non-hydrogen) atoms. The van der Waals surface area contributed by atoms with Gasteiger partial charge in [-0.15, -0.1) is 0 Å². The molecule has 0 radical (unpaired) electrons. The Labute approximate surface area is 258 Å². The lowest BCUT2D eigenvalue weighted by Gasteiger charge is -2.17. The second-order valence-corrected chi connectivity index (χ2v) is 11.7. The molecule has 0 bridgehead atoms. The molecule has 0 spiro atoms. The maximum absolute atomic E-state index is 6.69. The third-order valence-corrected chi connectivity index (χ3v) is 9.32. The number of hydrogen-bond donors (Lipinski definition) is 0. The molecule has 0 saturated heterocycles. The van der Waals surface area contributed by atoms with E-state index in [1.807, 2.05) is 6.07 Å². The number of hydrogen-bond acceptors (Lipinski definition) is 1. The van der Waals surface area contributed by atoms with Crippen molar-refractivity contribution in [3.05, 3.63) is 158 Å². The Morgan fingerprint density at radius 3 is 1.80 bits per heavy atom. The minimum atomic E-state index is 0.907. The molecule has 0 aliphatic heterocycles. The predicted molar refractivity (Wildman–Crippen MR) is 188 cm³/mol. The Morgan fingerprint density at radius 2 is 1.00 bits per heavy atom. The Balaban J connectivity index is 1.44. The summed E-state index contributed by atoms with van der Waals surface area (Å²) in [6.07, 6.45) is 0. The summed E-state index contributed by atoms with van der Waals surface area (Å²) in [6, 6.07) is 56.4. The number of fused-ring (bicyclic) bond motifs is 10. The number of rotatable bonds is 3. The van der Waals surface area contributed by atoms with Gasteiger partial charge in [0.2, 0.25) is 0 Å². The van der Waals surface area contributed by atoms with E-state index >= 15 is 0 Å². The SMILES string of the molecule is c1ccc(-c2ccccc2-n2c3ccc4c5ccccc5oc4c3c3cccc(-n4c5ccccc5c5ccccc54)c32)cc1. The molecule has 0 unspecified atom stereocenters. The molecule has 0 aliphatic carbocycles. The fraction of sp³-hybridized carbons (Fsp3) is 0. The van der Waals surface area contributed by atoms with Crippen molar-refractivity contribution in [3.63, 3.8) is 0 Å². The molecular weight excluding hydrogens is 548 g/mol. The maximum atomic E-state index is 6.69. The van der Waals surface area contributed by atoms with Gasteiger partial charge in [0, 0.05) is 32.5 Å². The molecule has 3 aromatic heterocycles. The van der Waals surface area contributed by atoms with E-state index in [0.717, 1.165) is 55.1 Å². The zero-order valence-electron chi connectivity index (χ0n) is 24.3. The van der Waals surface area contributed by atoms with Crippen molar-refractivity contribution in [3.8, 4) is 22.5 Å². The molecule has 10 rings (SSSR count). The smallest absolute Gasteiger partial charge is 0.145 e. The molecule has 3 heteroatoms. The van der Waals surface area contributed by atoms with Crippen LogP contribution in [0.3, 0.4) is 0 Å². The van der Waals surface area contributed by atoms with Crippen LogP contribution in [-0.4, -0.2) is 9.13 Å². The molecule has 0 atom stereocenters. The first kappa shape index (κ1) is 24.4. The van der Waals surface area contributed by atoms with E-state index in [-0.39, 0.29) is 0 Å². The highest BCUT2D eigenvalue weighted by Crippen LogP contribution is 2.44. The van der Waals surface area contributed by atoms with Crippen LogP contribution in [0.4, 0.5) is 0 Å². The zero-order chi connectivity index (χ0) is 29.5. The minimum Gasteiger partial charge on any atom is -0.455 e. The highest BCUT2D eigenvalue weighted by molar-refractivity contribution is 6.25. The van der Waals surface area contributed by atoms with E-state index in [9.17, 15) is 0 Å². The van der Waals surface area contributed by atoms with Crippen LogP contribution in [0.15, 0.2) is 162 Å². The van der Waals surface area contributed by atoms with E-state index in [1.165, 1.54) is 32.9 Å². The maximum Gasteiger partial charge on any atom is 0.145 e. The van der Waals surface area contributed by atoms with Gasteiger partial charge in [-0.1, -0.05) is 115 Å². The van der Waals surface area contributed by atoms with Gasteiger partial charge in [-0.3, -0.25) is 0 Å². The normalized spacial score (nSPS) is 12.0. The summed E-state index contributed by atoms with van der Waals surface area (Å²) >= 11 is 0. The van der Waals surface area contributed by atoms with Gasteiger partial charge >= 0.3 is 0 Å². The summed E-state index contributed by atoms with van der Waals surface area (Å²) in [5.74, 6) is 0. The predicted octanol–water partition coefficient (Wildman–Crippen LogP) is 11.4. The monoisotopic (exact) mass is 574 g/mol. The van der Waals surface area contributed by atoms with E-state index in [4.69, 9.17) is 4.42 Å². The van der Waals surface area contributed by atoms with Gasteiger partial charge in [-0.05, 0) is 48.0 Å². The van der Waals surface area contributed by atoms with Gasteiger partial charge in [0.05, 0.1) is 38.8 Å². The van der Waals surface area contributed by atoms with Crippen molar-refractivity contribution in [2.24, 2.45) is 0 Å². The lowest BCUT2D eigenvalue weighted by Crippen LogP contribution is -2.02. The quantitative estimate of drug-likeness (QED) is 0.206. The summed E-state index contributed by atoms with van der Waals surface area (Å²) < 4.78 is 11.6. The average molecular weight is 575 g/mol. The average Bonchev–Trinajstić information content (AvgIpc) is 3.76. The fourth-order valence-corrected chi connectivity index (χ4v) is 7.46. The van der Waals surface area contributed by atoms with E-state index in [2.05, 4.69) is 161 Å². The highest BCUT2D eigenvalue weighted by Gasteiger charge is 2.24. The lowest BCUT2D eigenvalue weighted by molar-refractivity contribution is 0.673. The van der Waals surface area contributed by atoms with Crippen LogP contribution in [0, 0.1) is 0 Å². The van der Waals surface area contributed by atoms with Crippen molar-refractivity contribution in [1.82, 2.24) is 9.13 Å². The number of furan rings is 1. The molecule has 210 valence electrons. The van der Waals surface area contributed by atoms with E-state index in [0.29, 0.717) is 0 Å². The van der Waals surface area contributed by atoms with Crippen molar-refractivity contribution in [2.75, 3.05) is 0 Å². The zero-order valence-corrected chi connectivity index (χ0v) is 24.3. The molecule has 0 aliphatic rings. The van der Waals surface area contributed by atoms with Gasteiger partial charge in [0.25, 0.3) is 0 Å². The molecule has 0 fully saturated rings. The van der Waals surface area contributed by atoms with Gasteiger partial charge in [-0.2, -0.15) is 0 Å². The van der Waals surface area contributed by atoms with Crippen LogP contribution in [0.25, 0.3) is 88.1 Å². The van der Waals surface area contributed by atoms with E-state index < -0.39 is 0 Å². The van der Waals surface area contributed by atoms with Gasteiger partial charge in [-0.25, -0.2) is 0 Å². The molecule has 0 N–H and O–H groups in total. The van der Waals surface area contributed by atoms with Crippen molar-refractivity contribution in [2.45, 2.75) is 0 Å². The summed E-state index contributed by atoms with van der Waals surface area (Å²) in [5, 5.41) is 7.06. The Hall–Kier alpha value is -6.06. The van der Waals surface area contributed by atoms with Gasteiger partial charge in [0.1, 0.15) is 11.2 Å². The number of aromatic nitrogens is 2. The second kappa shape index (κ2) is 9.22. The summed E-state index contributed by atoms with van der Waals surface area (Å²) in [5.41, 5.74) is 11.1. The minimum absolute atomic E-state index is 0.907. The number of benzene rings is 7. The molecule has 10 aromatic rings. The Bertz CT molecular complexity index is 2710. The number of nitrogens with zero attached hydrogens (tertiary/aromatic N) is 2. The third-order valence-electron chi connectivity index (χ3n) is 9.32. The molecular formula is C42H26N2O. The molecule has 3 nitrogen and oxygen atoms in total. The summed E-state index contributed by atoms with van der Waals surface area (Å²) in [6.45, 7) is 0. The molecule has 0 amide bonds. The lowest BCUT2D eigenvalue weighted by atomic mass is 10.0. The Morgan fingerprint density at radius 1 is 0.378 bits per heavy atom. The summed E-state index contributed by atoms with van der Waals surface area (Å²) in [4.78, 5) is 0. The first-order chi connectivity index (χ1) is 22.4. The van der Waals surface area contributed by atoms with Crippen LogP contribution in [0.5, 0.6) is 0 Å². The van der Waals surface area contributed by atoms with E-state index in [1.54, 1.807) is 0 Å².